The van der Waals surface area contributed by atoms with E-state index in [1.54, 1.807) is 14.2 Å². The average Bonchev–Trinajstić information content (AvgIpc) is 2.67. The number of methoxy groups -OCH3 is 1. The highest BCUT2D eigenvalue weighted by Gasteiger charge is 2.33. The molecule has 0 unspecified atom stereocenters. The third-order valence-electron chi connectivity index (χ3n) is 3.69. The van der Waals surface area contributed by atoms with Gasteiger partial charge in [0.25, 0.3) is 0 Å². The summed E-state index contributed by atoms with van der Waals surface area (Å²) in [4.78, 5) is 7.85. The molecular formula is C18H23F3IN5O. The number of benzene rings is 1. The molecule has 0 amide bonds. The van der Waals surface area contributed by atoms with Gasteiger partial charge in [-0.15, -0.1) is 24.0 Å². The number of hydrogen-bond donors (Lipinski definition) is 3. The van der Waals surface area contributed by atoms with Crippen molar-refractivity contribution in [3.63, 3.8) is 0 Å². The number of aromatic nitrogens is 1. The Hall–Kier alpha value is -2.24. The van der Waals surface area contributed by atoms with E-state index in [0.717, 1.165) is 17.4 Å². The SMILES string of the molecule is CN=C(NCCNc1ncccc1C(F)(F)F)NCc1ccccc1OC.I. The van der Waals surface area contributed by atoms with Crippen molar-refractivity contribution in [2.75, 3.05) is 32.6 Å². The predicted molar refractivity (Wildman–Crippen MR) is 114 cm³/mol. The van der Waals surface area contributed by atoms with E-state index in [0.29, 0.717) is 19.0 Å². The molecule has 3 N–H and O–H groups in total. The summed E-state index contributed by atoms with van der Waals surface area (Å²) in [6.07, 6.45) is -3.13. The third-order valence-corrected chi connectivity index (χ3v) is 3.69. The molecule has 0 aliphatic heterocycles. The number of guanidine groups is 1. The van der Waals surface area contributed by atoms with Crippen LogP contribution in [0.25, 0.3) is 0 Å². The van der Waals surface area contributed by atoms with Crippen LogP contribution in [0.2, 0.25) is 0 Å². The molecule has 2 rings (SSSR count). The van der Waals surface area contributed by atoms with Crippen LogP contribution in [0.4, 0.5) is 19.0 Å². The number of pyridine rings is 1. The van der Waals surface area contributed by atoms with Gasteiger partial charge in [0.2, 0.25) is 0 Å². The van der Waals surface area contributed by atoms with Crippen LogP contribution in [0.5, 0.6) is 5.75 Å². The molecule has 0 bridgehead atoms. The Labute approximate surface area is 179 Å². The number of hydrogen-bond acceptors (Lipinski definition) is 4. The summed E-state index contributed by atoms with van der Waals surface area (Å²) < 4.78 is 44.1. The summed E-state index contributed by atoms with van der Waals surface area (Å²) in [6, 6.07) is 9.84. The Bertz CT molecular complexity index is 771. The summed E-state index contributed by atoms with van der Waals surface area (Å²) in [6.45, 7) is 1.10. The van der Waals surface area contributed by atoms with E-state index in [1.165, 1.54) is 12.3 Å². The molecule has 1 heterocycles. The van der Waals surface area contributed by atoms with Crippen LogP contribution in [0, 0.1) is 0 Å². The molecule has 2 aromatic rings. The lowest BCUT2D eigenvalue weighted by atomic mass is 10.2. The lowest BCUT2D eigenvalue weighted by Gasteiger charge is -2.15. The summed E-state index contributed by atoms with van der Waals surface area (Å²) >= 11 is 0. The zero-order valence-electron chi connectivity index (χ0n) is 15.5. The number of para-hydroxylation sites is 1. The van der Waals surface area contributed by atoms with Gasteiger partial charge < -0.3 is 20.7 Å². The van der Waals surface area contributed by atoms with Gasteiger partial charge in [-0.2, -0.15) is 13.2 Å². The minimum Gasteiger partial charge on any atom is -0.496 e. The van der Waals surface area contributed by atoms with Gasteiger partial charge in [0.05, 0.1) is 12.7 Å². The van der Waals surface area contributed by atoms with Crippen molar-refractivity contribution >= 4 is 35.8 Å². The Kier molecular flexibility index (Phi) is 9.83. The second kappa shape index (κ2) is 11.6. The first kappa shape index (κ1) is 23.8. The minimum atomic E-state index is -4.45. The predicted octanol–water partition coefficient (Wildman–Crippen LogP) is 3.50. The number of nitrogens with one attached hydrogen (secondary N) is 3. The molecule has 0 saturated carbocycles. The molecule has 0 radical (unpaired) electrons. The lowest BCUT2D eigenvalue weighted by Crippen LogP contribution is -2.39. The van der Waals surface area contributed by atoms with E-state index in [-0.39, 0.29) is 36.3 Å². The maximum Gasteiger partial charge on any atom is 0.419 e. The maximum absolute atomic E-state index is 12.9. The topological polar surface area (TPSA) is 70.6 Å². The molecule has 6 nitrogen and oxygen atoms in total. The van der Waals surface area contributed by atoms with Crippen molar-refractivity contribution in [2.24, 2.45) is 4.99 Å². The van der Waals surface area contributed by atoms with Crippen molar-refractivity contribution in [3.8, 4) is 5.75 Å². The molecular weight excluding hydrogens is 486 g/mol. The fraction of sp³-hybridized carbons (Fsp3) is 0.333. The third kappa shape index (κ3) is 7.06. The Morgan fingerprint density at radius 1 is 1.11 bits per heavy atom. The van der Waals surface area contributed by atoms with Crippen LogP contribution in [0.15, 0.2) is 47.6 Å². The lowest BCUT2D eigenvalue weighted by molar-refractivity contribution is -0.137. The summed E-state index contributed by atoms with van der Waals surface area (Å²) in [7, 11) is 3.22. The first-order valence-electron chi connectivity index (χ1n) is 8.28. The zero-order valence-corrected chi connectivity index (χ0v) is 17.8. The maximum atomic E-state index is 12.9. The number of ether oxygens (including phenoxy) is 1. The summed E-state index contributed by atoms with van der Waals surface area (Å²) in [5, 5.41) is 8.86. The van der Waals surface area contributed by atoms with E-state index >= 15 is 0 Å². The monoisotopic (exact) mass is 509 g/mol. The van der Waals surface area contributed by atoms with Crippen molar-refractivity contribution in [3.05, 3.63) is 53.7 Å². The van der Waals surface area contributed by atoms with Crippen LogP contribution >= 0.6 is 24.0 Å². The molecule has 1 aromatic heterocycles. The van der Waals surface area contributed by atoms with Gasteiger partial charge >= 0.3 is 6.18 Å². The molecule has 1 aromatic carbocycles. The van der Waals surface area contributed by atoms with E-state index in [1.807, 2.05) is 24.3 Å². The first-order chi connectivity index (χ1) is 13.0. The molecule has 0 fully saturated rings. The van der Waals surface area contributed by atoms with Gasteiger partial charge in [-0.25, -0.2) is 4.98 Å². The van der Waals surface area contributed by atoms with Crippen molar-refractivity contribution in [1.82, 2.24) is 15.6 Å². The molecule has 0 spiro atoms. The smallest absolute Gasteiger partial charge is 0.419 e. The minimum absolute atomic E-state index is 0. The standard InChI is InChI=1S/C18H22F3N5O.HI/c1-22-17(26-12-13-6-3-4-8-15(13)27-2)25-11-10-24-16-14(18(19,20)21)7-5-9-23-16;/h3-9H,10-12H2,1-2H3,(H,23,24)(H2,22,25,26);1H. The van der Waals surface area contributed by atoms with Gasteiger partial charge in [-0.1, -0.05) is 18.2 Å². The first-order valence-corrected chi connectivity index (χ1v) is 8.28. The van der Waals surface area contributed by atoms with E-state index in [2.05, 4.69) is 25.9 Å². The fourth-order valence-corrected chi connectivity index (χ4v) is 2.39. The van der Waals surface area contributed by atoms with Gasteiger partial charge in [-0.05, 0) is 18.2 Å². The van der Waals surface area contributed by atoms with Gasteiger partial charge in [-0.3, -0.25) is 4.99 Å². The Morgan fingerprint density at radius 3 is 2.54 bits per heavy atom. The molecule has 0 aliphatic carbocycles. The van der Waals surface area contributed by atoms with Crippen molar-refractivity contribution in [1.29, 1.82) is 0 Å². The number of aliphatic imine (C=N–C) groups is 1. The van der Waals surface area contributed by atoms with Crippen molar-refractivity contribution in [2.45, 2.75) is 12.7 Å². The van der Waals surface area contributed by atoms with Crippen LogP contribution in [-0.2, 0) is 12.7 Å². The van der Waals surface area contributed by atoms with Crippen LogP contribution < -0.4 is 20.7 Å². The number of nitrogens with zero attached hydrogens (tertiary/aromatic N) is 2. The average molecular weight is 509 g/mol. The molecule has 0 aliphatic rings. The largest absolute Gasteiger partial charge is 0.496 e. The number of halogens is 4. The molecule has 0 saturated heterocycles. The van der Waals surface area contributed by atoms with Gasteiger partial charge in [0, 0.05) is 38.4 Å². The van der Waals surface area contributed by atoms with Crippen molar-refractivity contribution < 1.29 is 17.9 Å². The van der Waals surface area contributed by atoms with E-state index < -0.39 is 11.7 Å². The van der Waals surface area contributed by atoms with Gasteiger partial charge in [0.1, 0.15) is 11.6 Å². The van der Waals surface area contributed by atoms with Gasteiger partial charge in [0.15, 0.2) is 5.96 Å². The Morgan fingerprint density at radius 2 is 1.86 bits per heavy atom. The molecule has 10 heteroatoms. The van der Waals surface area contributed by atoms with E-state index in [9.17, 15) is 13.2 Å². The number of alkyl halides is 3. The van der Waals surface area contributed by atoms with Crippen LogP contribution in [0.1, 0.15) is 11.1 Å². The molecule has 28 heavy (non-hydrogen) atoms. The van der Waals surface area contributed by atoms with E-state index in [4.69, 9.17) is 4.74 Å². The number of anilines is 1. The summed E-state index contributed by atoms with van der Waals surface area (Å²) in [5.41, 5.74) is 0.174. The zero-order chi connectivity index (χ0) is 19.7. The molecule has 0 atom stereocenters. The normalized spacial score (nSPS) is 11.4. The second-order valence-electron chi connectivity index (χ2n) is 5.49. The highest BCUT2D eigenvalue weighted by Crippen LogP contribution is 2.33. The molecule has 154 valence electrons. The fourth-order valence-electron chi connectivity index (χ4n) is 2.39. The Balaban J connectivity index is 0.00000392. The second-order valence-corrected chi connectivity index (χ2v) is 5.49. The number of rotatable bonds is 7. The van der Waals surface area contributed by atoms with Crippen LogP contribution in [0.3, 0.4) is 0 Å². The quantitative estimate of drug-likeness (QED) is 0.231. The van der Waals surface area contributed by atoms with Crippen LogP contribution in [-0.4, -0.2) is 38.2 Å². The highest BCUT2D eigenvalue weighted by atomic mass is 127. The highest BCUT2D eigenvalue weighted by molar-refractivity contribution is 14.0. The summed E-state index contributed by atoms with van der Waals surface area (Å²) in [5.74, 6) is 1.10.